The normalized spacial score (nSPS) is 10.3. The summed E-state index contributed by atoms with van der Waals surface area (Å²) in [6.07, 6.45) is 1.29. The number of hydrogen-bond donors (Lipinski definition) is 1. The fraction of sp³-hybridized carbons (Fsp3) is 0. The second-order valence-electron chi connectivity index (χ2n) is 1.64. The maximum atomic E-state index is 10.3. The zero-order valence-corrected chi connectivity index (χ0v) is 7.20. The molecule has 1 N–H and O–H groups in total. The average molecular weight is 215 g/mol. The van der Waals surface area contributed by atoms with Crippen molar-refractivity contribution in [3.05, 3.63) is 24.4 Å². The first-order valence-corrected chi connectivity index (χ1v) is 3.93. The maximum absolute atomic E-state index is 10.3. The molecule has 0 fully saturated rings. The van der Waals surface area contributed by atoms with E-state index in [0.717, 1.165) is 0 Å². The number of pyridine rings is 1. The summed E-state index contributed by atoms with van der Waals surface area (Å²) in [5, 5.41) is -0.324. The van der Waals surface area contributed by atoms with E-state index in [9.17, 15) is 8.42 Å². The van der Waals surface area contributed by atoms with Gasteiger partial charge in [0, 0.05) is 23.3 Å². The van der Waals surface area contributed by atoms with Gasteiger partial charge in [0.2, 0.25) is 0 Å². The van der Waals surface area contributed by atoms with Crippen molar-refractivity contribution in [3.63, 3.8) is 0 Å². The van der Waals surface area contributed by atoms with Gasteiger partial charge in [-0.2, -0.15) is 8.42 Å². The molecule has 0 aliphatic rings. The fourth-order valence-electron chi connectivity index (χ4n) is 0.500. The molecular formula is C5H5FeNO3S. The van der Waals surface area contributed by atoms with Crippen LogP contribution in [-0.2, 0) is 27.2 Å². The van der Waals surface area contributed by atoms with E-state index in [2.05, 4.69) is 4.98 Å². The van der Waals surface area contributed by atoms with Crippen LogP contribution in [0.15, 0.2) is 29.4 Å². The minimum Gasteiger partial charge on any atom is -0.281 e. The summed E-state index contributed by atoms with van der Waals surface area (Å²) in [4.78, 5) is 3.41. The van der Waals surface area contributed by atoms with Crippen LogP contribution < -0.4 is 0 Å². The number of hydrogen-bond acceptors (Lipinski definition) is 3. The third kappa shape index (κ3) is 2.98. The van der Waals surface area contributed by atoms with Crippen molar-refractivity contribution in [1.82, 2.24) is 4.98 Å². The molecule has 0 aliphatic heterocycles. The van der Waals surface area contributed by atoms with Gasteiger partial charge in [-0.1, -0.05) is 6.07 Å². The molecule has 4 nitrogen and oxygen atoms in total. The Balaban J connectivity index is 0.000001000. The van der Waals surface area contributed by atoms with Gasteiger partial charge in [0.1, 0.15) is 0 Å². The molecule has 1 heterocycles. The van der Waals surface area contributed by atoms with Crippen LogP contribution in [0.2, 0.25) is 0 Å². The molecule has 1 aromatic rings. The van der Waals surface area contributed by atoms with E-state index in [0.29, 0.717) is 0 Å². The molecule has 6 heteroatoms. The smallest absolute Gasteiger partial charge is 0.281 e. The van der Waals surface area contributed by atoms with E-state index in [1.807, 2.05) is 0 Å². The van der Waals surface area contributed by atoms with Crippen molar-refractivity contribution in [1.29, 1.82) is 0 Å². The topological polar surface area (TPSA) is 67.3 Å². The van der Waals surface area contributed by atoms with Gasteiger partial charge in [-0.15, -0.1) is 0 Å². The predicted molar refractivity (Wildman–Crippen MR) is 34.1 cm³/mol. The Hall–Kier alpha value is -0.421. The van der Waals surface area contributed by atoms with Gasteiger partial charge in [-0.05, 0) is 12.1 Å². The molecule has 11 heavy (non-hydrogen) atoms. The first-order chi connectivity index (χ1) is 4.61. The molecule has 1 aromatic heterocycles. The molecular weight excluding hydrogens is 210 g/mol. The van der Waals surface area contributed by atoms with E-state index in [-0.39, 0.29) is 22.1 Å². The van der Waals surface area contributed by atoms with Crippen LogP contribution in [-0.4, -0.2) is 18.0 Å². The Morgan fingerprint density at radius 3 is 2.27 bits per heavy atom. The van der Waals surface area contributed by atoms with Crippen LogP contribution in [0, 0.1) is 0 Å². The first kappa shape index (κ1) is 10.6. The van der Waals surface area contributed by atoms with E-state index in [4.69, 9.17) is 4.55 Å². The van der Waals surface area contributed by atoms with Crippen LogP contribution in [0.5, 0.6) is 0 Å². The standard InChI is InChI=1S/C5H5NO3S.Fe/c7-10(8,9)5-3-1-2-4-6-5;/h1-4H,(H,7,8,9);. The van der Waals surface area contributed by atoms with Crippen molar-refractivity contribution < 1.29 is 30.0 Å². The Morgan fingerprint density at radius 2 is 2.00 bits per heavy atom. The maximum Gasteiger partial charge on any atom is 0.312 e. The zero-order valence-electron chi connectivity index (χ0n) is 5.28. The Labute approximate surface area is 74.9 Å². The third-order valence-corrected chi connectivity index (χ3v) is 1.67. The second-order valence-corrected chi connectivity index (χ2v) is 3.01. The van der Waals surface area contributed by atoms with E-state index in [1.165, 1.54) is 18.3 Å². The largest absolute Gasteiger partial charge is 0.312 e. The molecule has 0 amide bonds. The molecule has 62 valence electrons. The summed E-state index contributed by atoms with van der Waals surface area (Å²) in [5.74, 6) is 0. The number of nitrogens with zero attached hydrogens (tertiary/aromatic N) is 1. The van der Waals surface area contributed by atoms with Gasteiger partial charge in [0.15, 0.2) is 5.03 Å². The van der Waals surface area contributed by atoms with Crippen LogP contribution in [0.1, 0.15) is 0 Å². The van der Waals surface area contributed by atoms with Gasteiger partial charge in [0.05, 0.1) is 0 Å². The van der Waals surface area contributed by atoms with Crippen LogP contribution in [0.4, 0.5) is 0 Å². The summed E-state index contributed by atoms with van der Waals surface area (Å²) in [6.45, 7) is 0. The molecule has 0 saturated heterocycles. The monoisotopic (exact) mass is 215 g/mol. The van der Waals surface area contributed by atoms with Crippen molar-refractivity contribution in [2.75, 3.05) is 0 Å². The summed E-state index contributed by atoms with van der Waals surface area (Å²) < 4.78 is 29.1. The molecule has 0 spiro atoms. The van der Waals surface area contributed by atoms with Gasteiger partial charge in [-0.3, -0.25) is 4.55 Å². The number of aromatic nitrogens is 1. The van der Waals surface area contributed by atoms with Crippen molar-refractivity contribution in [2.45, 2.75) is 5.03 Å². The molecule has 0 saturated carbocycles. The van der Waals surface area contributed by atoms with Gasteiger partial charge >= 0.3 is 10.1 Å². The van der Waals surface area contributed by atoms with Crippen molar-refractivity contribution in [3.8, 4) is 0 Å². The Bertz CT molecular complexity index is 310. The summed E-state index contributed by atoms with van der Waals surface area (Å²) >= 11 is 0. The van der Waals surface area contributed by atoms with E-state index >= 15 is 0 Å². The molecule has 0 aromatic carbocycles. The van der Waals surface area contributed by atoms with E-state index in [1.54, 1.807) is 6.07 Å². The SMILES string of the molecule is O=S(=O)(O)c1ccccn1.[Fe]. The molecule has 0 atom stereocenters. The van der Waals surface area contributed by atoms with Gasteiger partial charge < -0.3 is 0 Å². The minimum atomic E-state index is -4.11. The molecule has 1 rings (SSSR count). The zero-order chi connectivity index (χ0) is 7.61. The first-order valence-electron chi connectivity index (χ1n) is 2.49. The summed E-state index contributed by atoms with van der Waals surface area (Å²) in [6, 6.07) is 4.26. The Kier molecular flexibility index (Phi) is 3.68. The minimum absolute atomic E-state index is 0. The molecule has 0 aliphatic carbocycles. The predicted octanol–water partition coefficient (Wildman–Crippen LogP) is 0.326. The Morgan fingerprint density at radius 1 is 1.36 bits per heavy atom. The summed E-state index contributed by atoms with van der Waals surface area (Å²) in [5.41, 5.74) is 0. The third-order valence-electron chi connectivity index (χ3n) is 0.902. The van der Waals surface area contributed by atoms with Gasteiger partial charge in [-0.25, -0.2) is 4.98 Å². The molecule has 0 bridgehead atoms. The van der Waals surface area contributed by atoms with Crippen LogP contribution in [0.25, 0.3) is 0 Å². The second kappa shape index (κ2) is 3.82. The quantitative estimate of drug-likeness (QED) is 0.541. The van der Waals surface area contributed by atoms with E-state index < -0.39 is 10.1 Å². The summed E-state index contributed by atoms with van der Waals surface area (Å²) in [7, 11) is -4.11. The van der Waals surface area contributed by atoms with Crippen LogP contribution in [0.3, 0.4) is 0 Å². The fourth-order valence-corrected chi connectivity index (χ4v) is 0.944. The van der Waals surface area contributed by atoms with Crippen molar-refractivity contribution in [2.24, 2.45) is 0 Å². The average Bonchev–Trinajstić information content (AvgIpc) is 1.88. The van der Waals surface area contributed by atoms with Crippen molar-refractivity contribution >= 4 is 10.1 Å². The molecule has 0 unspecified atom stereocenters. The number of rotatable bonds is 1. The molecule has 0 radical (unpaired) electrons. The van der Waals surface area contributed by atoms with Gasteiger partial charge in [0.25, 0.3) is 0 Å². The van der Waals surface area contributed by atoms with Crippen LogP contribution >= 0.6 is 0 Å².